The largest absolute Gasteiger partial charge is 0.497 e. The Balaban J connectivity index is 2.25. The van der Waals surface area contributed by atoms with Gasteiger partial charge in [0.1, 0.15) is 23.2 Å². The predicted molar refractivity (Wildman–Crippen MR) is 74.7 cm³/mol. The molecule has 0 aliphatic carbocycles. The van der Waals surface area contributed by atoms with E-state index in [4.69, 9.17) is 4.74 Å². The van der Waals surface area contributed by atoms with Gasteiger partial charge in [0, 0.05) is 22.5 Å². The van der Waals surface area contributed by atoms with Crippen LogP contribution in [0, 0.1) is 17.5 Å². The molecule has 0 aliphatic heterocycles. The highest BCUT2D eigenvalue weighted by Crippen LogP contribution is 2.33. The van der Waals surface area contributed by atoms with Crippen molar-refractivity contribution in [1.29, 1.82) is 0 Å². The minimum atomic E-state index is -0.675. The van der Waals surface area contributed by atoms with Crippen LogP contribution in [0.25, 0.3) is 0 Å². The minimum absolute atomic E-state index is 0.0601. The smallest absolute Gasteiger partial charge is 0.134 e. The van der Waals surface area contributed by atoms with Gasteiger partial charge in [-0.3, -0.25) is 0 Å². The molecule has 0 aliphatic rings. The molecule has 1 unspecified atom stereocenters. The summed E-state index contributed by atoms with van der Waals surface area (Å²) in [6.45, 7) is 0. The van der Waals surface area contributed by atoms with E-state index < -0.39 is 16.5 Å². The third kappa shape index (κ3) is 3.33. The highest BCUT2D eigenvalue weighted by atomic mass is 79.9. The number of alkyl halides is 1. The van der Waals surface area contributed by atoms with Crippen molar-refractivity contribution in [1.82, 2.24) is 0 Å². The third-order valence-electron chi connectivity index (χ3n) is 2.93. The fraction of sp³-hybridized carbons (Fsp3) is 0.200. The second kappa shape index (κ2) is 6.31. The molecule has 0 radical (unpaired) electrons. The lowest BCUT2D eigenvalue weighted by Gasteiger charge is -2.13. The molecule has 0 spiro atoms. The molecular weight excluding hydrogens is 333 g/mol. The van der Waals surface area contributed by atoms with E-state index in [2.05, 4.69) is 15.9 Å². The Hall–Kier alpha value is -1.49. The second-order valence-electron chi connectivity index (χ2n) is 4.30. The summed E-state index contributed by atoms with van der Waals surface area (Å²) in [5.74, 6) is -1.57. The monoisotopic (exact) mass is 344 g/mol. The van der Waals surface area contributed by atoms with E-state index in [1.54, 1.807) is 12.1 Å². The van der Waals surface area contributed by atoms with Gasteiger partial charge in [0.2, 0.25) is 0 Å². The molecule has 0 saturated heterocycles. The first kappa shape index (κ1) is 14.9. The average molecular weight is 345 g/mol. The predicted octanol–water partition coefficient (Wildman–Crippen LogP) is 4.79. The highest BCUT2D eigenvalue weighted by Gasteiger charge is 2.19. The maximum Gasteiger partial charge on any atom is 0.134 e. The van der Waals surface area contributed by atoms with Crippen molar-refractivity contribution < 1.29 is 17.9 Å². The number of hydrogen-bond acceptors (Lipinski definition) is 1. The summed E-state index contributed by atoms with van der Waals surface area (Å²) in [5, 5.41) is 0. The van der Waals surface area contributed by atoms with Crippen LogP contribution in [0.5, 0.6) is 5.75 Å². The van der Waals surface area contributed by atoms with Crippen LogP contribution in [-0.2, 0) is 6.42 Å². The maximum atomic E-state index is 13.9. The van der Waals surface area contributed by atoms with Gasteiger partial charge in [-0.1, -0.05) is 28.1 Å². The zero-order valence-electron chi connectivity index (χ0n) is 10.7. The zero-order chi connectivity index (χ0) is 14.7. The number of halogens is 4. The molecule has 0 saturated carbocycles. The van der Waals surface area contributed by atoms with Crippen LogP contribution in [0.15, 0.2) is 36.4 Å². The summed E-state index contributed by atoms with van der Waals surface area (Å²) < 4.78 is 45.4. The van der Waals surface area contributed by atoms with Crippen molar-refractivity contribution in [2.75, 3.05) is 7.11 Å². The van der Waals surface area contributed by atoms with Gasteiger partial charge in [0.15, 0.2) is 0 Å². The molecule has 2 rings (SSSR count). The van der Waals surface area contributed by atoms with Gasteiger partial charge < -0.3 is 4.74 Å². The van der Waals surface area contributed by atoms with E-state index in [0.29, 0.717) is 6.42 Å². The molecule has 2 aromatic rings. The molecule has 0 amide bonds. The van der Waals surface area contributed by atoms with Crippen LogP contribution in [0.2, 0.25) is 0 Å². The van der Waals surface area contributed by atoms with Gasteiger partial charge >= 0.3 is 0 Å². The van der Waals surface area contributed by atoms with Gasteiger partial charge in [0.25, 0.3) is 0 Å². The summed E-state index contributed by atoms with van der Waals surface area (Å²) in [6, 6.07) is 8.08. The summed E-state index contributed by atoms with van der Waals surface area (Å²) >= 11 is 3.27. The van der Waals surface area contributed by atoms with Crippen LogP contribution in [0.4, 0.5) is 13.2 Å². The SMILES string of the molecule is COc1cc(F)c(C(Br)Cc2ccc(F)cc2)c(F)c1. The van der Waals surface area contributed by atoms with Gasteiger partial charge in [-0.25, -0.2) is 13.2 Å². The lowest BCUT2D eigenvalue weighted by atomic mass is 10.0. The van der Waals surface area contributed by atoms with Crippen LogP contribution >= 0.6 is 15.9 Å². The number of benzene rings is 2. The van der Waals surface area contributed by atoms with Crippen molar-refractivity contribution in [2.24, 2.45) is 0 Å². The van der Waals surface area contributed by atoms with Crippen LogP contribution in [0.3, 0.4) is 0 Å². The number of methoxy groups -OCH3 is 1. The van der Waals surface area contributed by atoms with Crippen molar-refractivity contribution in [3.63, 3.8) is 0 Å². The van der Waals surface area contributed by atoms with E-state index in [9.17, 15) is 13.2 Å². The van der Waals surface area contributed by atoms with Crippen molar-refractivity contribution in [2.45, 2.75) is 11.2 Å². The van der Waals surface area contributed by atoms with Gasteiger partial charge in [0.05, 0.1) is 7.11 Å². The molecule has 1 nitrogen and oxygen atoms in total. The molecule has 0 fully saturated rings. The van der Waals surface area contributed by atoms with Gasteiger partial charge in [-0.2, -0.15) is 0 Å². The molecule has 0 N–H and O–H groups in total. The molecule has 106 valence electrons. The normalized spacial score (nSPS) is 12.2. The fourth-order valence-corrected chi connectivity index (χ4v) is 2.72. The Morgan fingerprint density at radius 1 is 1.05 bits per heavy atom. The fourth-order valence-electron chi connectivity index (χ4n) is 1.91. The molecule has 0 bridgehead atoms. The number of hydrogen-bond donors (Lipinski definition) is 0. The lowest BCUT2D eigenvalue weighted by Crippen LogP contribution is -2.03. The van der Waals surface area contributed by atoms with Crippen molar-refractivity contribution >= 4 is 15.9 Å². The molecule has 5 heteroatoms. The van der Waals surface area contributed by atoms with E-state index >= 15 is 0 Å². The van der Waals surface area contributed by atoms with Crippen molar-refractivity contribution in [3.8, 4) is 5.75 Å². The van der Waals surface area contributed by atoms with Crippen LogP contribution in [0.1, 0.15) is 16.0 Å². The molecule has 2 aromatic carbocycles. The van der Waals surface area contributed by atoms with E-state index in [1.165, 1.54) is 19.2 Å². The molecule has 1 atom stereocenters. The first-order valence-corrected chi connectivity index (χ1v) is 6.84. The Kier molecular flexibility index (Phi) is 4.70. The first-order chi connectivity index (χ1) is 9.51. The Morgan fingerprint density at radius 2 is 1.60 bits per heavy atom. The van der Waals surface area contributed by atoms with E-state index in [0.717, 1.165) is 17.7 Å². The Morgan fingerprint density at radius 3 is 2.10 bits per heavy atom. The zero-order valence-corrected chi connectivity index (χ0v) is 12.3. The van der Waals surface area contributed by atoms with Gasteiger partial charge in [-0.05, 0) is 24.1 Å². The first-order valence-electron chi connectivity index (χ1n) is 5.92. The Bertz CT molecular complexity index is 576. The van der Waals surface area contributed by atoms with Crippen molar-refractivity contribution in [3.05, 3.63) is 65.0 Å². The topological polar surface area (TPSA) is 9.23 Å². The van der Waals surface area contributed by atoms with E-state index in [1.807, 2.05) is 0 Å². The second-order valence-corrected chi connectivity index (χ2v) is 5.41. The lowest BCUT2D eigenvalue weighted by molar-refractivity contribution is 0.405. The van der Waals surface area contributed by atoms with Crippen LogP contribution < -0.4 is 4.74 Å². The molecule has 20 heavy (non-hydrogen) atoms. The highest BCUT2D eigenvalue weighted by molar-refractivity contribution is 9.09. The number of ether oxygens (including phenoxy) is 1. The Labute approximate surface area is 123 Å². The maximum absolute atomic E-state index is 13.9. The molecule has 0 heterocycles. The standard InChI is InChI=1S/C15H12BrF3O/c1-20-11-7-13(18)15(14(19)8-11)12(16)6-9-2-4-10(17)5-3-9/h2-5,7-8,12H,6H2,1H3. The minimum Gasteiger partial charge on any atom is -0.497 e. The third-order valence-corrected chi connectivity index (χ3v) is 3.71. The van der Waals surface area contributed by atoms with E-state index in [-0.39, 0.29) is 17.1 Å². The molecular formula is C15H12BrF3O. The summed E-state index contributed by atoms with van der Waals surface area (Å²) in [7, 11) is 1.35. The summed E-state index contributed by atoms with van der Waals surface area (Å²) in [4.78, 5) is -0.543. The average Bonchev–Trinajstić information content (AvgIpc) is 2.40. The number of rotatable bonds is 4. The van der Waals surface area contributed by atoms with Crippen LogP contribution in [-0.4, -0.2) is 7.11 Å². The van der Waals surface area contributed by atoms with Gasteiger partial charge in [-0.15, -0.1) is 0 Å². The quantitative estimate of drug-likeness (QED) is 0.724. The summed E-state index contributed by atoms with van der Waals surface area (Å²) in [6.07, 6.45) is 0.348. The molecule has 0 aromatic heterocycles. The summed E-state index contributed by atoms with van der Waals surface area (Å²) in [5.41, 5.74) is 0.720.